The van der Waals surface area contributed by atoms with Gasteiger partial charge in [-0.05, 0) is 47.4 Å². The number of nitrogens with zero attached hydrogens (tertiary/aromatic N) is 1. The van der Waals surface area contributed by atoms with Gasteiger partial charge in [0.25, 0.3) is 0 Å². The number of rotatable bonds is 6. The molecule has 0 aromatic heterocycles. The topological polar surface area (TPSA) is 75.7 Å². The Hall–Kier alpha value is -3.23. The lowest BCUT2D eigenvalue weighted by Gasteiger charge is -2.35. The summed E-state index contributed by atoms with van der Waals surface area (Å²) in [6, 6.07) is 18.8. The van der Waals surface area contributed by atoms with Crippen LogP contribution < -0.4 is 10.1 Å². The fourth-order valence-corrected chi connectivity index (χ4v) is 5.48. The highest BCUT2D eigenvalue weighted by molar-refractivity contribution is 7.89. The van der Waals surface area contributed by atoms with Gasteiger partial charge in [-0.25, -0.2) is 12.8 Å². The fraction of sp³-hybridized carbons (Fsp3) is 0.208. The summed E-state index contributed by atoms with van der Waals surface area (Å²) < 4.78 is 47.4. The number of fused-ring (bicyclic) bond motifs is 1. The van der Waals surface area contributed by atoms with Gasteiger partial charge in [-0.1, -0.05) is 48.5 Å². The van der Waals surface area contributed by atoms with E-state index in [1.165, 1.54) is 18.2 Å². The van der Waals surface area contributed by atoms with E-state index >= 15 is 0 Å². The van der Waals surface area contributed by atoms with Crippen molar-refractivity contribution >= 4 is 15.9 Å². The molecule has 1 aliphatic rings. The summed E-state index contributed by atoms with van der Waals surface area (Å²) in [7, 11) is -2.69. The Morgan fingerprint density at radius 2 is 1.78 bits per heavy atom. The molecule has 1 amide bonds. The van der Waals surface area contributed by atoms with Crippen LogP contribution in [0.5, 0.6) is 5.75 Å². The molecule has 0 radical (unpaired) electrons. The summed E-state index contributed by atoms with van der Waals surface area (Å²) >= 11 is 0. The molecule has 1 N–H and O–H groups in total. The Labute approximate surface area is 186 Å². The molecule has 6 nitrogen and oxygen atoms in total. The van der Waals surface area contributed by atoms with Crippen LogP contribution in [0, 0.1) is 5.82 Å². The van der Waals surface area contributed by atoms with Crippen LogP contribution in [0.3, 0.4) is 0 Å². The summed E-state index contributed by atoms with van der Waals surface area (Å²) in [4.78, 5) is 12.7. The lowest BCUT2D eigenvalue weighted by Crippen LogP contribution is -2.52. The highest BCUT2D eigenvalue weighted by Crippen LogP contribution is 2.30. The summed E-state index contributed by atoms with van der Waals surface area (Å²) in [5.74, 6) is -0.628. The smallest absolute Gasteiger partial charge is 0.247 e. The number of amides is 1. The lowest BCUT2D eigenvalue weighted by molar-refractivity contribution is -0.125. The molecule has 0 aliphatic carbocycles. The monoisotopic (exact) mass is 454 g/mol. The van der Waals surface area contributed by atoms with Gasteiger partial charge < -0.3 is 10.1 Å². The third-order valence-electron chi connectivity index (χ3n) is 5.53. The molecule has 8 heteroatoms. The second kappa shape index (κ2) is 9.10. The zero-order valence-electron chi connectivity index (χ0n) is 17.5. The molecule has 32 heavy (non-hydrogen) atoms. The van der Waals surface area contributed by atoms with E-state index in [2.05, 4.69) is 5.32 Å². The van der Waals surface area contributed by atoms with Gasteiger partial charge >= 0.3 is 0 Å². The van der Waals surface area contributed by atoms with Gasteiger partial charge in [0.15, 0.2) is 0 Å². The number of carbonyl (C=O) groups is 1. The lowest BCUT2D eigenvalue weighted by atomic mass is 9.95. The largest absolute Gasteiger partial charge is 0.497 e. The second-order valence-corrected chi connectivity index (χ2v) is 9.40. The van der Waals surface area contributed by atoms with E-state index in [1.807, 2.05) is 36.4 Å². The third-order valence-corrected chi connectivity index (χ3v) is 7.42. The van der Waals surface area contributed by atoms with Crippen LogP contribution in [-0.2, 0) is 34.3 Å². The van der Waals surface area contributed by atoms with E-state index in [9.17, 15) is 17.6 Å². The third kappa shape index (κ3) is 4.37. The number of benzene rings is 3. The Morgan fingerprint density at radius 3 is 2.53 bits per heavy atom. The van der Waals surface area contributed by atoms with Crippen molar-refractivity contribution in [2.45, 2.75) is 30.4 Å². The molecular weight excluding hydrogens is 431 g/mol. The normalized spacial score (nSPS) is 16.2. The molecule has 0 saturated heterocycles. The van der Waals surface area contributed by atoms with Crippen LogP contribution in [0.25, 0.3) is 0 Å². The first kappa shape index (κ1) is 22.0. The van der Waals surface area contributed by atoms with Gasteiger partial charge in [0.05, 0.1) is 7.11 Å². The maximum Gasteiger partial charge on any atom is 0.247 e. The first-order valence-electron chi connectivity index (χ1n) is 10.1. The summed E-state index contributed by atoms with van der Waals surface area (Å²) in [6.45, 7) is 0.200. The minimum Gasteiger partial charge on any atom is -0.497 e. The van der Waals surface area contributed by atoms with Crippen molar-refractivity contribution in [1.29, 1.82) is 0 Å². The first-order chi connectivity index (χ1) is 15.4. The van der Waals surface area contributed by atoms with Gasteiger partial charge in [-0.15, -0.1) is 0 Å². The zero-order chi connectivity index (χ0) is 22.7. The van der Waals surface area contributed by atoms with Gasteiger partial charge in [-0.2, -0.15) is 4.31 Å². The predicted molar refractivity (Wildman–Crippen MR) is 118 cm³/mol. The van der Waals surface area contributed by atoms with Gasteiger partial charge in [0.1, 0.15) is 22.5 Å². The molecule has 0 saturated carbocycles. The molecule has 1 aliphatic heterocycles. The van der Waals surface area contributed by atoms with E-state index in [4.69, 9.17) is 4.74 Å². The summed E-state index contributed by atoms with van der Waals surface area (Å²) in [5.41, 5.74) is 2.51. The summed E-state index contributed by atoms with van der Waals surface area (Å²) in [5, 5.41) is 2.82. The molecule has 0 unspecified atom stereocenters. The Kier molecular flexibility index (Phi) is 6.25. The van der Waals surface area contributed by atoms with Crippen LogP contribution >= 0.6 is 0 Å². The molecule has 0 bridgehead atoms. The molecule has 1 heterocycles. The van der Waals surface area contributed by atoms with Crippen molar-refractivity contribution in [2.75, 3.05) is 7.11 Å². The molecule has 166 valence electrons. The number of methoxy groups -OCH3 is 1. The minimum atomic E-state index is -4.25. The zero-order valence-corrected chi connectivity index (χ0v) is 18.3. The van der Waals surface area contributed by atoms with Crippen molar-refractivity contribution < 1.29 is 22.3 Å². The fourth-order valence-electron chi connectivity index (χ4n) is 3.84. The number of nitrogens with one attached hydrogen (secondary N) is 1. The number of carbonyl (C=O) groups excluding carboxylic acids is 1. The van der Waals surface area contributed by atoms with Crippen LogP contribution in [0.1, 0.15) is 16.7 Å². The van der Waals surface area contributed by atoms with Crippen molar-refractivity contribution in [2.24, 2.45) is 0 Å². The molecule has 0 fully saturated rings. The van der Waals surface area contributed by atoms with Crippen LogP contribution in [-0.4, -0.2) is 31.8 Å². The van der Waals surface area contributed by atoms with Crippen LogP contribution in [0.2, 0.25) is 0 Å². The molecule has 3 aromatic rings. The molecular formula is C24H23FN2O4S. The first-order valence-corrected chi connectivity index (χ1v) is 11.6. The van der Waals surface area contributed by atoms with Crippen molar-refractivity contribution in [3.63, 3.8) is 0 Å². The van der Waals surface area contributed by atoms with E-state index in [1.54, 1.807) is 19.2 Å². The second-order valence-electron chi connectivity index (χ2n) is 7.54. The van der Waals surface area contributed by atoms with Gasteiger partial charge in [-0.3, -0.25) is 4.79 Å². The highest BCUT2D eigenvalue weighted by Gasteiger charge is 2.40. The Balaban J connectivity index is 1.64. The average Bonchev–Trinajstić information content (AvgIpc) is 2.82. The van der Waals surface area contributed by atoms with E-state index in [-0.39, 0.29) is 19.5 Å². The minimum absolute atomic E-state index is 0.00983. The van der Waals surface area contributed by atoms with Gasteiger partial charge in [0.2, 0.25) is 15.9 Å². The van der Waals surface area contributed by atoms with Crippen molar-refractivity contribution in [3.05, 3.63) is 95.3 Å². The Morgan fingerprint density at radius 1 is 1.06 bits per heavy atom. The summed E-state index contributed by atoms with van der Waals surface area (Å²) in [6.07, 6.45) is 0.202. The number of hydrogen-bond donors (Lipinski definition) is 1. The standard InChI is InChI=1S/C24H23FN2O4S/c1-31-20-10-6-7-17(13-20)15-26-24(28)22-14-18-8-2-3-9-19(18)16-27(22)32(29,30)23-12-5-4-11-21(23)25/h2-13,22H,14-16H2,1H3,(H,26,28)/t22-/m0/s1. The predicted octanol–water partition coefficient (Wildman–Crippen LogP) is 3.27. The van der Waals surface area contributed by atoms with Crippen molar-refractivity contribution in [1.82, 2.24) is 9.62 Å². The quantitative estimate of drug-likeness (QED) is 0.620. The molecule has 4 rings (SSSR count). The highest BCUT2D eigenvalue weighted by atomic mass is 32.2. The van der Waals surface area contributed by atoms with E-state index < -0.39 is 32.7 Å². The van der Waals surface area contributed by atoms with E-state index in [0.717, 1.165) is 27.1 Å². The van der Waals surface area contributed by atoms with Crippen LogP contribution in [0.15, 0.2) is 77.7 Å². The maximum absolute atomic E-state index is 14.4. The molecule has 0 spiro atoms. The van der Waals surface area contributed by atoms with Crippen LogP contribution in [0.4, 0.5) is 4.39 Å². The number of halogens is 1. The molecule has 3 aromatic carbocycles. The average molecular weight is 455 g/mol. The number of ether oxygens (including phenoxy) is 1. The maximum atomic E-state index is 14.4. The van der Waals surface area contributed by atoms with Crippen molar-refractivity contribution in [3.8, 4) is 5.75 Å². The number of hydrogen-bond acceptors (Lipinski definition) is 4. The SMILES string of the molecule is COc1cccc(CNC(=O)[C@@H]2Cc3ccccc3CN2S(=O)(=O)c2ccccc2F)c1. The van der Waals surface area contributed by atoms with Gasteiger partial charge in [0, 0.05) is 13.1 Å². The molecule has 1 atom stereocenters. The Bertz CT molecular complexity index is 1250. The number of sulfonamides is 1. The van der Waals surface area contributed by atoms with E-state index in [0.29, 0.717) is 5.75 Å².